The molecule has 1 aromatic rings. The van der Waals surface area contributed by atoms with Crippen LogP contribution in [0.2, 0.25) is 0 Å². The van der Waals surface area contributed by atoms with Gasteiger partial charge in [0.1, 0.15) is 11.5 Å². The fourth-order valence-electron chi connectivity index (χ4n) is 4.21. The average molecular weight is 421 g/mol. The molecule has 0 spiro atoms. The Morgan fingerprint density at radius 2 is 1.33 bits per heavy atom. The Labute approximate surface area is 185 Å². The van der Waals surface area contributed by atoms with Crippen molar-refractivity contribution >= 4 is 0 Å². The molecule has 30 heavy (non-hydrogen) atoms. The molecule has 0 aliphatic rings. The van der Waals surface area contributed by atoms with Crippen molar-refractivity contribution in [2.75, 3.05) is 0 Å². The number of hydrogen-bond acceptors (Lipinski definition) is 3. The molecule has 1 rings (SSSR count). The van der Waals surface area contributed by atoms with E-state index in [4.69, 9.17) is 0 Å². The highest BCUT2D eigenvalue weighted by Gasteiger charge is 2.22. The van der Waals surface area contributed by atoms with Gasteiger partial charge in [-0.3, -0.25) is 0 Å². The van der Waals surface area contributed by atoms with E-state index in [9.17, 15) is 15.3 Å². The lowest BCUT2D eigenvalue weighted by Crippen LogP contribution is -2.25. The second-order valence-electron chi connectivity index (χ2n) is 10.7. The number of rotatable bonds is 14. The molecule has 0 radical (unpaired) electrons. The third kappa shape index (κ3) is 9.73. The molecule has 1 unspecified atom stereocenters. The largest absolute Gasteiger partial charge is 0.508 e. The SMILES string of the molecule is Cc1c(O)cc(CCC(C)(O)CC[C@H](C)CCC[C@H](C)CCCC(C)C)c(O)c1C. The summed E-state index contributed by atoms with van der Waals surface area (Å²) >= 11 is 0. The molecule has 3 heteroatoms. The smallest absolute Gasteiger partial charge is 0.122 e. The van der Waals surface area contributed by atoms with Crippen molar-refractivity contribution in [3.63, 3.8) is 0 Å². The van der Waals surface area contributed by atoms with E-state index in [-0.39, 0.29) is 11.5 Å². The second-order valence-corrected chi connectivity index (χ2v) is 10.7. The molecule has 0 aliphatic carbocycles. The summed E-state index contributed by atoms with van der Waals surface area (Å²) in [7, 11) is 0. The predicted octanol–water partition coefficient (Wildman–Crippen LogP) is 7.45. The first-order chi connectivity index (χ1) is 13.9. The van der Waals surface area contributed by atoms with E-state index in [1.54, 1.807) is 13.0 Å². The predicted molar refractivity (Wildman–Crippen MR) is 128 cm³/mol. The maximum absolute atomic E-state index is 10.8. The summed E-state index contributed by atoms with van der Waals surface area (Å²) in [5.74, 6) is 2.72. The summed E-state index contributed by atoms with van der Waals surface area (Å²) in [4.78, 5) is 0. The number of aryl methyl sites for hydroxylation is 1. The molecule has 3 atom stereocenters. The van der Waals surface area contributed by atoms with Gasteiger partial charge in [-0.15, -0.1) is 0 Å². The summed E-state index contributed by atoms with van der Waals surface area (Å²) in [6.07, 6.45) is 10.8. The van der Waals surface area contributed by atoms with E-state index in [0.717, 1.165) is 35.8 Å². The van der Waals surface area contributed by atoms with Gasteiger partial charge in [0.25, 0.3) is 0 Å². The van der Waals surface area contributed by atoms with Crippen LogP contribution in [-0.4, -0.2) is 20.9 Å². The summed E-state index contributed by atoms with van der Waals surface area (Å²) in [5, 5.41) is 31.2. The highest BCUT2D eigenvalue weighted by atomic mass is 16.3. The first-order valence-electron chi connectivity index (χ1n) is 12.2. The van der Waals surface area contributed by atoms with Crippen molar-refractivity contribution in [3.8, 4) is 11.5 Å². The maximum Gasteiger partial charge on any atom is 0.122 e. The summed E-state index contributed by atoms with van der Waals surface area (Å²) in [5.41, 5.74) is 1.40. The van der Waals surface area contributed by atoms with Crippen molar-refractivity contribution in [2.45, 2.75) is 118 Å². The molecular formula is C27H48O3. The molecule has 0 fully saturated rings. The molecule has 0 heterocycles. The Hall–Kier alpha value is -1.22. The molecule has 0 aromatic heterocycles. The minimum Gasteiger partial charge on any atom is -0.508 e. The average Bonchev–Trinajstić information content (AvgIpc) is 2.66. The normalized spacial score (nSPS) is 15.9. The van der Waals surface area contributed by atoms with Crippen LogP contribution in [0.1, 0.15) is 109 Å². The lowest BCUT2D eigenvalue weighted by atomic mass is 9.86. The van der Waals surface area contributed by atoms with Crippen molar-refractivity contribution in [3.05, 3.63) is 22.8 Å². The van der Waals surface area contributed by atoms with Crippen LogP contribution in [0.4, 0.5) is 0 Å². The maximum atomic E-state index is 10.8. The minimum absolute atomic E-state index is 0.215. The van der Waals surface area contributed by atoms with E-state index in [0.29, 0.717) is 24.3 Å². The third-order valence-corrected chi connectivity index (χ3v) is 6.90. The van der Waals surface area contributed by atoms with Crippen LogP contribution in [0.5, 0.6) is 11.5 Å². The molecule has 1 aromatic carbocycles. The molecule has 0 amide bonds. The van der Waals surface area contributed by atoms with Gasteiger partial charge in [0.05, 0.1) is 5.60 Å². The number of phenols is 2. The highest BCUT2D eigenvalue weighted by molar-refractivity contribution is 5.51. The summed E-state index contributed by atoms with van der Waals surface area (Å²) in [6.45, 7) is 14.8. The zero-order valence-corrected chi connectivity index (χ0v) is 20.7. The van der Waals surface area contributed by atoms with E-state index < -0.39 is 5.60 Å². The fraction of sp³-hybridized carbons (Fsp3) is 0.778. The van der Waals surface area contributed by atoms with Gasteiger partial charge in [0.2, 0.25) is 0 Å². The first-order valence-corrected chi connectivity index (χ1v) is 12.2. The number of aliphatic hydroxyl groups is 1. The zero-order chi connectivity index (χ0) is 22.9. The molecule has 0 saturated carbocycles. The lowest BCUT2D eigenvalue weighted by molar-refractivity contribution is 0.0357. The number of aromatic hydroxyl groups is 2. The molecule has 174 valence electrons. The summed E-state index contributed by atoms with van der Waals surface area (Å²) in [6, 6.07) is 1.64. The quantitative estimate of drug-likeness (QED) is 0.274. The van der Waals surface area contributed by atoms with E-state index in [1.807, 2.05) is 13.8 Å². The first kappa shape index (κ1) is 26.8. The van der Waals surface area contributed by atoms with Gasteiger partial charge in [-0.25, -0.2) is 0 Å². The monoisotopic (exact) mass is 420 g/mol. The van der Waals surface area contributed by atoms with Crippen molar-refractivity contribution in [1.29, 1.82) is 0 Å². The molecule has 0 saturated heterocycles. The zero-order valence-electron chi connectivity index (χ0n) is 20.7. The van der Waals surface area contributed by atoms with Gasteiger partial charge >= 0.3 is 0 Å². The minimum atomic E-state index is -0.751. The molecule has 0 bridgehead atoms. The Morgan fingerprint density at radius 3 is 1.90 bits per heavy atom. The van der Waals surface area contributed by atoms with Gasteiger partial charge in [-0.05, 0) is 87.0 Å². The summed E-state index contributed by atoms with van der Waals surface area (Å²) < 4.78 is 0. The Balaban J connectivity index is 2.34. The molecule has 0 aliphatic heterocycles. The standard InChI is InChI=1S/C27H48O3/c1-19(2)10-8-11-20(3)12-9-13-21(4)14-16-27(7,30)17-15-24-18-25(28)22(5)23(6)26(24)29/h18-21,28-30H,8-17H2,1-7H3/t20-,21-,27?/m1/s1. The second kappa shape index (κ2) is 12.6. The van der Waals surface area contributed by atoms with E-state index in [2.05, 4.69) is 27.7 Å². The van der Waals surface area contributed by atoms with Gasteiger partial charge in [0, 0.05) is 0 Å². The number of hydrogen-bond donors (Lipinski definition) is 3. The third-order valence-electron chi connectivity index (χ3n) is 6.90. The van der Waals surface area contributed by atoms with Crippen LogP contribution in [0.15, 0.2) is 6.07 Å². The molecule has 3 nitrogen and oxygen atoms in total. The van der Waals surface area contributed by atoms with Crippen LogP contribution in [0, 0.1) is 31.6 Å². The van der Waals surface area contributed by atoms with Crippen LogP contribution in [0.3, 0.4) is 0 Å². The van der Waals surface area contributed by atoms with Crippen molar-refractivity contribution in [2.24, 2.45) is 17.8 Å². The van der Waals surface area contributed by atoms with E-state index >= 15 is 0 Å². The fourth-order valence-corrected chi connectivity index (χ4v) is 4.21. The Bertz CT molecular complexity index is 633. The van der Waals surface area contributed by atoms with Crippen LogP contribution in [-0.2, 0) is 6.42 Å². The highest BCUT2D eigenvalue weighted by Crippen LogP contribution is 2.34. The molecular weight excluding hydrogens is 372 g/mol. The Kier molecular flexibility index (Phi) is 11.3. The number of phenolic OH excluding ortho intramolecular Hbond substituents is 2. The van der Waals surface area contributed by atoms with Gasteiger partial charge in [-0.2, -0.15) is 0 Å². The molecule has 3 N–H and O–H groups in total. The van der Waals surface area contributed by atoms with Gasteiger partial charge < -0.3 is 15.3 Å². The van der Waals surface area contributed by atoms with Crippen LogP contribution >= 0.6 is 0 Å². The lowest BCUT2D eigenvalue weighted by Gasteiger charge is -2.25. The Morgan fingerprint density at radius 1 is 0.800 bits per heavy atom. The van der Waals surface area contributed by atoms with Crippen LogP contribution in [0.25, 0.3) is 0 Å². The van der Waals surface area contributed by atoms with Crippen LogP contribution < -0.4 is 0 Å². The van der Waals surface area contributed by atoms with E-state index in [1.165, 1.54) is 38.5 Å². The topological polar surface area (TPSA) is 60.7 Å². The van der Waals surface area contributed by atoms with Gasteiger partial charge in [-0.1, -0.05) is 66.2 Å². The number of benzene rings is 1. The van der Waals surface area contributed by atoms with Gasteiger partial charge in [0.15, 0.2) is 0 Å². The van der Waals surface area contributed by atoms with Crippen molar-refractivity contribution < 1.29 is 15.3 Å². The van der Waals surface area contributed by atoms with Crippen molar-refractivity contribution in [1.82, 2.24) is 0 Å².